The summed E-state index contributed by atoms with van der Waals surface area (Å²) in [5.41, 5.74) is 1.81. The molecule has 3 N–H and O–H groups in total. The van der Waals surface area contributed by atoms with Gasteiger partial charge >= 0.3 is 0 Å². The fourth-order valence-corrected chi connectivity index (χ4v) is 3.49. The van der Waals surface area contributed by atoms with E-state index in [0.29, 0.717) is 6.54 Å². The summed E-state index contributed by atoms with van der Waals surface area (Å²) in [5.74, 6) is 0.622. The van der Waals surface area contributed by atoms with Crippen molar-refractivity contribution in [1.82, 2.24) is 20.4 Å². The van der Waals surface area contributed by atoms with E-state index in [1.54, 1.807) is 41.5 Å². The number of benzene rings is 1. The van der Waals surface area contributed by atoms with E-state index in [9.17, 15) is 4.79 Å². The molecule has 8 heteroatoms. The molecule has 146 valence electrons. The Hall–Kier alpha value is -3.13. The summed E-state index contributed by atoms with van der Waals surface area (Å²) in [5, 5.41) is 13.5. The van der Waals surface area contributed by atoms with E-state index in [2.05, 4.69) is 45.1 Å². The summed E-state index contributed by atoms with van der Waals surface area (Å²) in [4.78, 5) is 18.9. The Bertz CT molecular complexity index is 932. The van der Waals surface area contributed by atoms with Gasteiger partial charge in [-0.3, -0.25) is 14.5 Å². The minimum absolute atomic E-state index is 0.113. The van der Waals surface area contributed by atoms with Gasteiger partial charge in [-0.1, -0.05) is 12.1 Å². The summed E-state index contributed by atoms with van der Waals surface area (Å²) in [6.07, 6.45) is 3.41. The van der Waals surface area contributed by atoms with Crippen LogP contribution in [0.4, 0.5) is 5.69 Å². The second-order valence-electron chi connectivity index (χ2n) is 6.24. The van der Waals surface area contributed by atoms with Crippen molar-refractivity contribution in [1.29, 1.82) is 0 Å². The highest BCUT2D eigenvalue weighted by atomic mass is 32.1. The molecule has 0 atom stereocenters. The molecule has 28 heavy (non-hydrogen) atoms. The van der Waals surface area contributed by atoms with Crippen LogP contribution in [0.15, 0.2) is 59.9 Å². The van der Waals surface area contributed by atoms with E-state index in [0.717, 1.165) is 23.8 Å². The monoisotopic (exact) mass is 396 g/mol. The topological polar surface area (TPSA) is 83.3 Å². The third kappa shape index (κ3) is 5.95. The van der Waals surface area contributed by atoms with Gasteiger partial charge < -0.3 is 16.0 Å². The molecule has 0 fully saturated rings. The molecule has 0 aliphatic heterocycles. The highest BCUT2D eigenvalue weighted by Gasteiger charge is 2.05. The predicted octanol–water partition coefficient (Wildman–Crippen LogP) is 2.76. The highest BCUT2D eigenvalue weighted by molar-refractivity contribution is 7.11. The largest absolute Gasteiger partial charge is 0.352 e. The molecule has 0 unspecified atom stereocenters. The molecular formula is C20H24N6OS. The van der Waals surface area contributed by atoms with Crippen LogP contribution in [0.5, 0.6) is 0 Å². The predicted molar refractivity (Wildman–Crippen MR) is 113 cm³/mol. The summed E-state index contributed by atoms with van der Waals surface area (Å²) < 4.78 is 1.59. The summed E-state index contributed by atoms with van der Waals surface area (Å²) in [6, 6.07) is 13.8. The van der Waals surface area contributed by atoms with Crippen molar-refractivity contribution in [2.75, 3.05) is 12.4 Å². The number of aliphatic imine (C=N–C) groups is 1. The first-order valence-corrected chi connectivity index (χ1v) is 9.80. The molecule has 2 aromatic heterocycles. The first-order chi connectivity index (χ1) is 13.6. The van der Waals surface area contributed by atoms with Crippen LogP contribution in [0.1, 0.15) is 15.3 Å². The molecule has 3 rings (SSSR count). The highest BCUT2D eigenvalue weighted by Crippen LogP contribution is 2.14. The van der Waals surface area contributed by atoms with E-state index < -0.39 is 0 Å². The zero-order valence-corrected chi connectivity index (χ0v) is 16.8. The first-order valence-electron chi connectivity index (χ1n) is 8.98. The molecule has 0 saturated carbocycles. The number of nitrogens with zero attached hydrogens (tertiary/aromatic N) is 3. The standard InChI is InChI=1S/C20H24N6OS/c1-15-7-8-18(28-15)13-23-20(21-2)22-12-16-5-3-6-17(11-16)25-19(27)14-26-10-4-9-24-26/h3-11H,12-14H2,1-2H3,(H,25,27)(H2,21,22,23). The third-order valence-corrected chi connectivity index (χ3v) is 4.99. The molecule has 1 amide bonds. The van der Waals surface area contributed by atoms with E-state index in [1.165, 1.54) is 9.75 Å². The molecule has 0 saturated heterocycles. The van der Waals surface area contributed by atoms with Gasteiger partial charge in [0.15, 0.2) is 5.96 Å². The van der Waals surface area contributed by atoms with Crippen molar-refractivity contribution >= 4 is 28.9 Å². The first kappa shape index (κ1) is 19.6. The van der Waals surface area contributed by atoms with Gasteiger partial charge in [0.25, 0.3) is 0 Å². The number of anilines is 1. The fourth-order valence-electron chi connectivity index (χ4n) is 2.66. The van der Waals surface area contributed by atoms with Crippen molar-refractivity contribution < 1.29 is 4.79 Å². The second kappa shape index (κ2) is 9.70. The Balaban J connectivity index is 1.49. The van der Waals surface area contributed by atoms with Crippen LogP contribution < -0.4 is 16.0 Å². The number of thiophene rings is 1. The number of nitrogens with one attached hydrogen (secondary N) is 3. The molecule has 0 radical (unpaired) electrons. The average molecular weight is 397 g/mol. The number of guanidine groups is 1. The van der Waals surface area contributed by atoms with Gasteiger partial charge in [-0.25, -0.2) is 0 Å². The molecule has 0 aliphatic carbocycles. The van der Waals surface area contributed by atoms with Crippen LogP contribution in [-0.4, -0.2) is 28.7 Å². The van der Waals surface area contributed by atoms with Crippen LogP contribution in [0.2, 0.25) is 0 Å². The Morgan fingerprint density at radius 3 is 2.75 bits per heavy atom. The van der Waals surface area contributed by atoms with E-state index >= 15 is 0 Å². The van der Waals surface area contributed by atoms with Crippen LogP contribution in [0.25, 0.3) is 0 Å². The van der Waals surface area contributed by atoms with Gasteiger partial charge in [0.1, 0.15) is 6.54 Å². The lowest BCUT2D eigenvalue weighted by Gasteiger charge is -2.12. The summed E-state index contributed by atoms with van der Waals surface area (Å²) in [6.45, 7) is 3.63. The number of hydrogen-bond acceptors (Lipinski definition) is 4. The van der Waals surface area contributed by atoms with Gasteiger partial charge in [0.2, 0.25) is 5.91 Å². The SMILES string of the molecule is CN=C(NCc1cccc(NC(=O)Cn2cccn2)c1)NCc1ccc(C)s1. The van der Waals surface area contributed by atoms with Crippen LogP contribution >= 0.6 is 11.3 Å². The number of hydrogen-bond donors (Lipinski definition) is 3. The van der Waals surface area contributed by atoms with Gasteiger partial charge in [0, 0.05) is 41.4 Å². The summed E-state index contributed by atoms with van der Waals surface area (Å²) in [7, 11) is 1.75. The van der Waals surface area contributed by atoms with Crippen molar-refractivity contribution in [2.45, 2.75) is 26.6 Å². The van der Waals surface area contributed by atoms with E-state index in [-0.39, 0.29) is 12.5 Å². The van der Waals surface area contributed by atoms with Crippen LogP contribution in [0.3, 0.4) is 0 Å². The quantitative estimate of drug-likeness (QED) is 0.424. The third-order valence-electron chi connectivity index (χ3n) is 3.99. The number of amides is 1. The molecule has 2 heterocycles. The van der Waals surface area contributed by atoms with E-state index in [1.807, 2.05) is 24.3 Å². The Morgan fingerprint density at radius 2 is 2.04 bits per heavy atom. The lowest BCUT2D eigenvalue weighted by atomic mass is 10.2. The Labute approximate surface area is 168 Å². The minimum Gasteiger partial charge on any atom is -0.352 e. The van der Waals surface area contributed by atoms with Gasteiger partial charge in [0.05, 0.1) is 6.54 Å². The maximum atomic E-state index is 12.1. The number of carbonyl (C=O) groups is 1. The molecule has 7 nitrogen and oxygen atoms in total. The molecule has 0 aliphatic rings. The van der Waals surface area contributed by atoms with Crippen molar-refractivity contribution in [3.8, 4) is 0 Å². The van der Waals surface area contributed by atoms with E-state index in [4.69, 9.17) is 0 Å². The lowest BCUT2D eigenvalue weighted by molar-refractivity contribution is -0.116. The number of carbonyl (C=O) groups excluding carboxylic acids is 1. The van der Waals surface area contributed by atoms with Crippen molar-refractivity contribution in [3.05, 3.63) is 70.2 Å². The smallest absolute Gasteiger partial charge is 0.246 e. The molecule has 0 bridgehead atoms. The Kier molecular flexibility index (Phi) is 6.80. The maximum Gasteiger partial charge on any atom is 0.246 e. The summed E-state index contributed by atoms with van der Waals surface area (Å²) >= 11 is 1.77. The second-order valence-corrected chi connectivity index (χ2v) is 7.62. The fraction of sp³-hybridized carbons (Fsp3) is 0.250. The molecule has 1 aromatic carbocycles. The van der Waals surface area contributed by atoms with Gasteiger partial charge in [-0.2, -0.15) is 5.10 Å². The van der Waals surface area contributed by atoms with Crippen molar-refractivity contribution in [3.63, 3.8) is 0 Å². The lowest BCUT2D eigenvalue weighted by Crippen LogP contribution is -2.36. The number of rotatable bonds is 7. The zero-order valence-electron chi connectivity index (χ0n) is 16.0. The molecular weight excluding hydrogens is 372 g/mol. The number of aryl methyl sites for hydroxylation is 1. The molecule has 0 spiro atoms. The van der Waals surface area contributed by atoms with Crippen molar-refractivity contribution in [2.24, 2.45) is 4.99 Å². The molecule has 3 aromatic rings. The van der Waals surface area contributed by atoms with Crippen LogP contribution in [-0.2, 0) is 24.4 Å². The van der Waals surface area contributed by atoms with Gasteiger partial charge in [-0.05, 0) is 42.8 Å². The van der Waals surface area contributed by atoms with Crippen LogP contribution in [0, 0.1) is 6.92 Å². The number of aromatic nitrogens is 2. The average Bonchev–Trinajstić information content (AvgIpc) is 3.34. The normalized spacial score (nSPS) is 11.3. The zero-order chi connectivity index (χ0) is 19.8. The Morgan fingerprint density at radius 1 is 1.18 bits per heavy atom. The van der Waals surface area contributed by atoms with Gasteiger partial charge in [-0.15, -0.1) is 11.3 Å². The minimum atomic E-state index is -0.113. The maximum absolute atomic E-state index is 12.1.